The molecule has 0 aliphatic heterocycles. The van der Waals surface area contributed by atoms with Crippen LogP contribution in [0.3, 0.4) is 0 Å². The highest BCUT2D eigenvalue weighted by molar-refractivity contribution is 7.66. The van der Waals surface area contributed by atoms with Gasteiger partial charge in [-0.05, 0) is 0 Å². The van der Waals surface area contributed by atoms with Crippen molar-refractivity contribution in [3.8, 4) is 0 Å². The normalized spacial score (nSPS) is 11.0. The van der Waals surface area contributed by atoms with E-state index in [1.54, 1.807) is 0 Å². The van der Waals surface area contributed by atoms with Gasteiger partial charge in [-0.1, -0.05) is 107 Å². The fourth-order valence-corrected chi connectivity index (χ4v) is 1.29. The van der Waals surface area contributed by atoms with Gasteiger partial charge in [0.2, 0.25) is 0 Å². The molecular formula is C16H46F3N3O3P2. The molecule has 27 heavy (non-hydrogen) atoms. The summed E-state index contributed by atoms with van der Waals surface area (Å²) in [5.74, 6) is 8.00. The van der Waals surface area contributed by atoms with Crippen LogP contribution in [-0.2, 0) is 9.13 Å². The van der Waals surface area contributed by atoms with Crippen molar-refractivity contribution in [2.24, 2.45) is 11.7 Å². The average Bonchev–Trinajstić information content (AvgIpc) is 2.61. The molecule has 0 amide bonds. The third-order valence-corrected chi connectivity index (χ3v) is 4.16. The Kier molecular flexibility index (Phi) is 56.7. The second-order valence-electron chi connectivity index (χ2n) is 5.06. The maximum absolute atomic E-state index is 11.2. The maximum Gasteiger partial charge on any atom is 0.490 e. The van der Waals surface area contributed by atoms with E-state index < -0.39 is 15.7 Å². The summed E-state index contributed by atoms with van der Waals surface area (Å²) >= 11 is 0. The van der Waals surface area contributed by atoms with Crippen molar-refractivity contribution in [1.29, 1.82) is 0 Å². The van der Waals surface area contributed by atoms with Crippen LogP contribution in [-0.4, -0.2) is 4.89 Å². The van der Waals surface area contributed by atoms with Crippen molar-refractivity contribution in [3.63, 3.8) is 0 Å². The minimum Gasteiger partial charge on any atom is -0.309 e. The lowest BCUT2D eigenvalue weighted by Crippen LogP contribution is -2.02. The molecule has 174 valence electrons. The molecule has 6 nitrogen and oxygen atoms in total. The summed E-state index contributed by atoms with van der Waals surface area (Å²) < 4.78 is 52.0. The summed E-state index contributed by atoms with van der Waals surface area (Å²) in [6, 6.07) is 0. The number of nitrogens with one attached hydrogen (secondary N) is 1. The average molecular weight is 448 g/mol. The topological polar surface area (TPSA) is 118 Å². The molecule has 11 heteroatoms. The maximum atomic E-state index is 11.2. The Labute approximate surface area is 166 Å². The SMILES string of the molecule is CCCC.CCCC.CCCC.CCCC.NN.O=P(O)(F)NP(=O)(F)F. The Morgan fingerprint density at radius 1 is 0.630 bits per heavy atom. The van der Waals surface area contributed by atoms with Gasteiger partial charge >= 0.3 is 15.7 Å². The number of halogens is 3. The summed E-state index contributed by atoms with van der Waals surface area (Å²) in [7, 11) is -11.5. The fourth-order valence-electron chi connectivity index (χ4n) is 0.144. The van der Waals surface area contributed by atoms with E-state index in [-0.39, 0.29) is 4.86 Å². The number of rotatable bonds is 6. The van der Waals surface area contributed by atoms with Crippen LogP contribution in [0.1, 0.15) is 107 Å². The Morgan fingerprint density at radius 3 is 0.778 bits per heavy atom. The molecular weight excluding hydrogens is 401 g/mol. The van der Waals surface area contributed by atoms with Crippen LogP contribution in [0.4, 0.5) is 12.6 Å². The molecule has 0 heterocycles. The minimum atomic E-state index is -5.93. The molecule has 0 aliphatic carbocycles. The third kappa shape index (κ3) is 149. The van der Waals surface area contributed by atoms with E-state index in [2.05, 4.69) is 67.1 Å². The standard InChI is InChI=1S/4C4H10.F3H2NO3P2.H4N2/c4*1-3-4-2;1-8(2,5)4-9(3,6)7;1-2/h4*3-4H2,1-2H3;(H2,4,5,6,7);1-2H2. The highest BCUT2D eigenvalue weighted by Gasteiger charge is 2.31. The van der Waals surface area contributed by atoms with Gasteiger partial charge in [-0.2, -0.15) is 0 Å². The second kappa shape index (κ2) is 36.9. The molecule has 0 bridgehead atoms. The first kappa shape index (κ1) is 41.5. The molecule has 0 fully saturated rings. The van der Waals surface area contributed by atoms with Crippen molar-refractivity contribution >= 4 is 15.7 Å². The van der Waals surface area contributed by atoms with E-state index in [0.29, 0.717) is 0 Å². The van der Waals surface area contributed by atoms with Gasteiger partial charge in [-0.15, -0.1) is 17.4 Å². The van der Waals surface area contributed by atoms with Gasteiger partial charge in [-0.3, -0.25) is 11.7 Å². The molecule has 1 unspecified atom stereocenters. The Bertz CT molecular complexity index is 262. The van der Waals surface area contributed by atoms with Gasteiger partial charge in [-0.25, -0.2) is 9.13 Å². The summed E-state index contributed by atoms with van der Waals surface area (Å²) in [5, 5.41) is 0. The predicted molar refractivity (Wildman–Crippen MR) is 115 cm³/mol. The van der Waals surface area contributed by atoms with Gasteiger partial charge in [0, 0.05) is 0 Å². The van der Waals surface area contributed by atoms with Crippen LogP contribution in [0.5, 0.6) is 0 Å². The summed E-state index contributed by atoms with van der Waals surface area (Å²) in [6.45, 7) is 17.4. The Hall–Kier alpha value is 0.0900. The van der Waals surface area contributed by atoms with Crippen LogP contribution in [0, 0.1) is 0 Å². The van der Waals surface area contributed by atoms with Crippen LogP contribution in [0.15, 0.2) is 0 Å². The molecule has 0 saturated heterocycles. The van der Waals surface area contributed by atoms with E-state index in [9.17, 15) is 21.7 Å². The summed E-state index contributed by atoms with van der Waals surface area (Å²) in [6.07, 6.45) is 10.6. The molecule has 0 rings (SSSR count). The second-order valence-corrected chi connectivity index (χ2v) is 7.79. The molecule has 0 aromatic rings. The monoisotopic (exact) mass is 447 g/mol. The first-order valence-corrected chi connectivity index (χ1v) is 12.5. The number of hydrogen-bond donors (Lipinski definition) is 4. The smallest absolute Gasteiger partial charge is 0.309 e. The molecule has 0 aromatic carbocycles. The molecule has 1 atom stereocenters. The number of nitrogens with two attached hydrogens (primary N) is 2. The van der Waals surface area contributed by atoms with Crippen molar-refractivity contribution in [1.82, 2.24) is 4.86 Å². The van der Waals surface area contributed by atoms with Crippen LogP contribution < -0.4 is 16.5 Å². The van der Waals surface area contributed by atoms with Crippen LogP contribution in [0.25, 0.3) is 0 Å². The van der Waals surface area contributed by atoms with Gasteiger partial charge in [0.15, 0.2) is 0 Å². The van der Waals surface area contributed by atoms with Gasteiger partial charge in [0.25, 0.3) is 0 Å². The van der Waals surface area contributed by atoms with E-state index in [1.165, 1.54) is 51.4 Å². The first-order valence-electron chi connectivity index (χ1n) is 9.51. The largest absolute Gasteiger partial charge is 0.490 e. The highest BCUT2D eigenvalue weighted by Crippen LogP contribution is 2.55. The lowest BCUT2D eigenvalue weighted by atomic mass is 10.4. The highest BCUT2D eigenvalue weighted by atomic mass is 31.3. The summed E-state index contributed by atoms with van der Waals surface area (Å²) in [4.78, 5) is 7.60. The Balaban J connectivity index is -0.0000000528. The number of hydrazine groups is 1. The molecule has 0 aromatic heterocycles. The van der Waals surface area contributed by atoms with E-state index in [4.69, 9.17) is 4.89 Å². The summed E-state index contributed by atoms with van der Waals surface area (Å²) in [5.41, 5.74) is 0. The molecule has 0 radical (unpaired) electrons. The van der Waals surface area contributed by atoms with Crippen LogP contribution >= 0.6 is 15.7 Å². The lowest BCUT2D eigenvalue weighted by Gasteiger charge is -1.99. The zero-order valence-electron chi connectivity index (χ0n) is 18.6. The zero-order valence-corrected chi connectivity index (χ0v) is 20.4. The number of unbranched alkanes of at least 4 members (excludes halogenated alkanes) is 4. The minimum absolute atomic E-state index is 0.125. The number of hydrogen-bond acceptors (Lipinski definition) is 4. The fraction of sp³-hybridized carbons (Fsp3) is 1.00. The van der Waals surface area contributed by atoms with E-state index in [0.717, 1.165) is 0 Å². The zero-order chi connectivity index (χ0) is 23.4. The molecule has 0 spiro atoms. The quantitative estimate of drug-likeness (QED) is 0.188. The van der Waals surface area contributed by atoms with Gasteiger partial charge < -0.3 is 4.89 Å². The van der Waals surface area contributed by atoms with Crippen molar-refractivity contribution in [2.75, 3.05) is 0 Å². The van der Waals surface area contributed by atoms with E-state index >= 15 is 0 Å². The van der Waals surface area contributed by atoms with E-state index in [1.807, 2.05) is 0 Å². The molecule has 0 aliphatic rings. The van der Waals surface area contributed by atoms with Gasteiger partial charge in [0.05, 0.1) is 0 Å². The molecule has 6 N–H and O–H groups in total. The predicted octanol–water partition coefficient (Wildman–Crippen LogP) is 7.74. The molecule has 0 saturated carbocycles. The third-order valence-electron chi connectivity index (χ3n) is 2.24. The first-order chi connectivity index (χ1) is 12.4. The van der Waals surface area contributed by atoms with Crippen molar-refractivity contribution in [2.45, 2.75) is 107 Å². The Morgan fingerprint density at radius 2 is 0.778 bits per heavy atom. The lowest BCUT2D eigenvalue weighted by molar-refractivity contribution is 0.415. The van der Waals surface area contributed by atoms with Crippen molar-refractivity contribution in [3.05, 3.63) is 0 Å². The van der Waals surface area contributed by atoms with Crippen molar-refractivity contribution < 1.29 is 26.6 Å². The van der Waals surface area contributed by atoms with Crippen LogP contribution in [0.2, 0.25) is 0 Å². The van der Waals surface area contributed by atoms with Gasteiger partial charge in [0.1, 0.15) is 0 Å².